The van der Waals surface area contributed by atoms with Crippen molar-refractivity contribution in [3.05, 3.63) is 0 Å². The van der Waals surface area contributed by atoms with Crippen LogP contribution >= 0.6 is 23.2 Å². The van der Waals surface area contributed by atoms with E-state index in [0.717, 1.165) is 0 Å². The third-order valence-corrected chi connectivity index (χ3v) is 1.96. The number of rotatable bonds is 2. The third kappa shape index (κ3) is 1.54. The minimum Gasteiger partial charge on any atom is -0.435 e. The zero-order valence-electron chi connectivity index (χ0n) is 5.05. The van der Waals surface area contributed by atoms with Gasteiger partial charge in [0.05, 0.1) is 6.61 Å². The first kappa shape index (κ1) is 8.11. The molecule has 0 spiro atoms. The van der Waals surface area contributed by atoms with E-state index in [0.29, 0.717) is 13.0 Å². The zero-order valence-corrected chi connectivity index (χ0v) is 6.56. The Morgan fingerprint density at radius 3 is 2.80 bits per heavy atom. The quantitative estimate of drug-likeness (QED) is 0.477. The largest absolute Gasteiger partial charge is 0.435 e. The van der Waals surface area contributed by atoms with Gasteiger partial charge in [0.1, 0.15) is 0 Å². The van der Waals surface area contributed by atoms with Crippen LogP contribution in [0.25, 0.3) is 0 Å². The Morgan fingerprint density at radius 2 is 2.40 bits per heavy atom. The lowest BCUT2D eigenvalue weighted by Gasteiger charge is -2.17. The number of halogens is 2. The Labute approximate surface area is 68.2 Å². The molecule has 1 heterocycles. The number of carbonyl (C=O) groups excluding carboxylic acids is 1. The Kier molecular flexibility index (Phi) is 2.39. The molecule has 0 saturated carbocycles. The van der Waals surface area contributed by atoms with Gasteiger partial charge in [-0.2, -0.15) is 0 Å². The molecular weight excluding hydrogens is 179 g/mol. The molecule has 0 N–H and O–H groups in total. The van der Waals surface area contributed by atoms with Crippen LogP contribution < -0.4 is 0 Å². The van der Waals surface area contributed by atoms with Crippen LogP contribution in [0.3, 0.4) is 0 Å². The highest BCUT2D eigenvalue weighted by Crippen LogP contribution is 2.36. The fourth-order valence-electron chi connectivity index (χ4n) is 0.731. The molecule has 5 heteroatoms. The lowest BCUT2D eigenvalue weighted by molar-refractivity contribution is -0.154. The topological polar surface area (TPSA) is 35.5 Å². The molecule has 0 aliphatic carbocycles. The van der Waals surface area contributed by atoms with Gasteiger partial charge in [-0.15, -0.1) is 0 Å². The summed E-state index contributed by atoms with van der Waals surface area (Å²) in [5, 5.41) is 0. The van der Waals surface area contributed by atoms with Crippen LogP contribution in [0.1, 0.15) is 6.42 Å². The zero-order chi connectivity index (χ0) is 7.61. The first-order chi connectivity index (χ1) is 4.67. The molecule has 0 aromatic rings. The molecule has 3 nitrogen and oxygen atoms in total. The highest BCUT2D eigenvalue weighted by Gasteiger charge is 2.42. The van der Waals surface area contributed by atoms with Gasteiger partial charge >= 0.3 is 0 Å². The second-order valence-corrected chi connectivity index (χ2v) is 3.49. The second-order valence-electron chi connectivity index (χ2n) is 1.95. The van der Waals surface area contributed by atoms with Crippen molar-refractivity contribution >= 4 is 29.7 Å². The Bertz CT molecular complexity index is 137. The lowest BCUT2D eigenvalue weighted by Crippen LogP contribution is -2.28. The van der Waals surface area contributed by atoms with Gasteiger partial charge in [0, 0.05) is 6.42 Å². The van der Waals surface area contributed by atoms with Gasteiger partial charge in [0.25, 0.3) is 6.47 Å². The average Bonchev–Trinajstić information content (AvgIpc) is 2.13. The highest BCUT2D eigenvalue weighted by molar-refractivity contribution is 6.48. The van der Waals surface area contributed by atoms with Crippen LogP contribution in [0.2, 0.25) is 0 Å². The van der Waals surface area contributed by atoms with Gasteiger partial charge in [-0.1, -0.05) is 23.2 Å². The van der Waals surface area contributed by atoms with Crippen molar-refractivity contribution in [3.8, 4) is 0 Å². The van der Waals surface area contributed by atoms with Crippen molar-refractivity contribution in [1.82, 2.24) is 0 Å². The average molecular weight is 185 g/mol. The van der Waals surface area contributed by atoms with Gasteiger partial charge in [0.15, 0.2) is 4.33 Å². The van der Waals surface area contributed by atoms with Crippen molar-refractivity contribution in [3.63, 3.8) is 0 Å². The number of hydrogen-bond acceptors (Lipinski definition) is 3. The Morgan fingerprint density at radius 1 is 1.70 bits per heavy atom. The van der Waals surface area contributed by atoms with E-state index in [-0.39, 0.29) is 6.47 Å². The molecule has 1 atom stereocenters. The second kappa shape index (κ2) is 2.95. The van der Waals surface area contributed by atoms with Gasteiger partial charge in [-0.3, -0.25) is 4.79 Å². The molecular formula is C5H6Cl2O3. The van der Waals surface area contributed by atoms with Gasteiger partial charge in [-0.25, -0.2) is 0 Å². The molecule has 0 bridgehead atoms. The Hall–Kier alpha value is 0.01000. The molecule has 1 rings (SSSR count). The smallest absolute Gasteiger partial charge is 0.295 e. The summed E-state index contributed by atoms with van der Waals surface area (Å²) in [6.07, 6.45) is -0.331. The van der Waals surface area contributed by atoms with E-state index in [9.17, 15) is 4.79 Å². The molecule has 1 fully saturated rings. The molecule has 0 amide bonds. The molecule has 1 aliphatic rings. The van der Waals surface area contributed by atoms with Crippen LogP contribution in [-0.4, -0.2) is 23.7 Å². The van der Waals surface area contributed by atoms with Crippen molar-refractivity contribution in [2.75, 3.05) is 6.61 Å². The minimum absolute atomic E-state index is 0.273. The molecule has 1 saturated heterocycles. The van der Waals surface area contributed by atoms with Crippen molar-refractivity contribution in [2.24, 2.45) is 0 Å². The van der Waals surface area contributed by atoms with E-state index in [1.807, 2.05) is 0 Å². The fraction of sp³-hybridized carbons (Fsp3) is 0.800. The summed E-state index contributed by atoms with van der Waals surface area (Å²) >= 11 is 11.3. The Balaban J connectivity index is 2.50. The molecule has 1 aliphatic heterocycles. The predicted octanol–water partition coefficient (Wildman–Crippen LogP) is 1.08. The van der Waals surface area contributed by atoms with E-state index in [1.54, 1.807) is 0 Å². The molecule has 0 radical (unpaired) electrons. The summed E-state index contributed by atoms with van der Waals surface area (Å²) < 4.78 is 8.27. The van der Waals surface area contributed by atoms with Crippen LogP contribution in [-0.2, 0) is 14.3 Å². The summed E-state index contributed by atoms with van der Waals surface area (Å²) in [4.78, 5) is 9.83. The molecule has 1 unspecified atom stereocenters. The molecule has 0 aromatic heterocycles. The van der Waals surface area contributed by atoms with Crippen molar-refractivity contribution < 1.29 is 14.3 Å². The number of ether oxygens (including phenoxy) is 2. The molecule has 58 valence electrons. The number of alkyl halides is 2. The standard InChI is InChI=1S/C5H6Cl2O3/c6-5(7)1-2-9-4(5)10-3-8/h3-4H,1-2H2. The van der Waals surface area contributed by atoms with Crippen LogP contribution in [0.4, 0.5) is 0 Å². The van der Waals surface area contributed by atoms with Crippen LogP contribution in [0, 0.1) is 0 Å². The predicted molar refractivity (Wildman–Crippen MR) is 35.9 cm³/mol. The summed E-state index contributed by atoms with van der Waals surface area (Å²) in [7, 11) is 0. The first-order valence-electron chi connectivity index (χ1n) is 2.75. The van der Waals surface area contributed by atoms with E-state index in [4.69, 9.17) is 27.9 Å². The minimum atomic E-state index is -1.07. The normalized spacial score (nSPS) is 30.0. The monoisotopic (exact) mass is 184 g/mol. The van der Waals surface area contributed by atoms with E-state index < -0.39 is 10.6 Å². The third-order valence-electron chi connectivity index (χ3n) is 1.23. The SMILES string of the molecule is O=COC1OCCC1(Cl)Cl. The summed E-state index contributed by atoms with van der Waals surface area (Å²) in [6, 6.07) is 0. The summed E-state index contributed by atoms with van der Waals surface area (Å²) in [5.74, 6) is 0. The van der Waals surface area contributed by atoms with Gasteiger partial charge in [-0.05, 0) is 0 Å². The number of carbonyl (C=O) groups is 1. The molecule has 0 aromatic carbocycles. The summed E-state index contributed by atoms with van der Waals surface area (Å²) in [5.41, 5.74) is 0. The number of hydrogen-bond donors (Lipinski definition) is 0. The van der Waals surface area contributed by atoms with Gasteiger partial charge < -0.3 is 9.47 Å². The lowest BCUT2D eigenvalue weighted by atomic mass is 10.3. The maximum absolute atomic E-state index is 9.83. The van der Waals surface area contributed by atoms with Crippen LogP contribution in [0.5, 0.6) is 0 Å². The van der Waals surface area contributed by atoms with Crippen LogP contribution in [0.15, 0.2) is 0 Å². The summed E-state index contributed by atoms with van der Waals surface area (Å²) in [6.45, 7) is 0.695. The first-order valence-corrected chi connectivity index (χ1v) is 3.51. The molecule has 10 heavy (non-hydrogen) atoms. The van der Waals surface area contributed by atoms with Crippen molar-refractivity contribution in [1.29, 1.82) is 0 Å². The van der Waals surface area contributed by atoms with E-state index >= 15 is 0 Å². The maximum Gasteiger partial charge on any atom is 0.295 e. The van der Waals surface area contributed by atoms with E-state index in [1.165, 1.54) is 0 Å². The van der Waals surface area contributed by atoms with E-state index in [2.05, 4.69) is 4.74 Å². The highest BCUT2D eigenvalue weighted by atomic mass is 35.5. The van der Waals surface area contributed by atoms with Crippen molar-refractivity contribution in [2.45, 2.75) is 17.0 Å². The van der Waals surface area contributed by atoms with Gasteiger partial charge in [0.2, 0.25) is 6.29 Å². The fourth-order valence-corrected chi connectivity index (χ4v) is 1.11. The maximum atomic E-state index is 9.83.